The summed E-state index contributed by atoms with van der Waals surface area (Å²) in [7, 11) is 1.87. The Balaban J connectivity index is 0.00000176. The fourth-order valence-electron chi connectivity index (χ4n) is 3.22. The molecule has 5 heteroatoms. The van der Waals surface area contributed by atoms with Gasteiger partial charge in [-0.25, -0.2) is 0 Å². The standard InChI is InChI=1S/C17H24N4.HI/c1-13-6-5-7-15-16(13)14(12-20-15)8-9-19-17(18-2)21-10-3-4-11-21;/h5-7,12,20H,3-4,8-11H2,1-2H3,(H,18,19);1H. The van der Waals surface area contributed by atoms with Crippen LogP contribution in [0, 0.1) is 6.92 Å². The maximum absolute atomic E-state index is 4.39. The minimum atomic E-state index is 0. The van der Waals surface area contributed by atoms with Crippen LogP contribution in [-0.2, 0) is 6.42 Å². The van der Waals surface area contributed by atoms with E-state index in [1.807, 2.05) is 7.05 Å². The molecular formula is C17H25IN4. The number of H-pyrrole nitrogens is 1. The maximum atomic E-state index is 4.39. The third kappa shape index (κ3) is 3.56. The molecule has 0 atom stereocenters. The van der Waals surface area contributed by atoms with E-state index in [2.05, 4.69) is 51.5 Å². The van der Waals surface area contributed by atoms with Gasteiger partial charge in [0.15, 0.2) is 5.96 Å². The normalized spacial score (nSPS) is 15.2. The molecule has 0 unspecified atom stereocenters. The van der Waals surface area contributed by atoms with Gasteiger partial charge in [0.2, 0.25) is 0 Å². The smallest absolute Gasteiger partial charge is 0.193 e. The number of halogens is 1. The number of fused-ring (bicyclic) bond motifs is 1. The summed E-state index contributed by atoms with van der Waals surface area (Å²) in [6.07, 6.45) is 5.71. The van der Waals surface area contributed by atoms with Crippen molar-refractivity contribution < 1.29 is 0 Å². The maximum Gasteiger partial charge on any atom is 0.193 e. The molecule has 22 heavy (non-hydrogen) atoms. The first-order chi connectivity index (χ1) is 10.3. The highest BCUT2D eigenvalue weighted by Crippen LogP contribution is 2.22. The minimum Gasteiger partial charge on any atom is -0.361 e. The van der Waals surface area contributed by atoms with Crippen molar-refractivity contribution in [2.24, 2.45) is 4.99 Å². The van der Waals surface area contributed by atoms with Crippen LogP contribution in [-0.4, -0.2) is 42.5 Å². The van der Waals surface area contributed by atoms with Crippen LogP contribution in [0.15, 0.2) is 29.4 Å². The van der Waals surface area contributed by atoms with E-state index in [-0.39, 0.29) is 24.0 Å². The summed E-state index contributed by atoms with van der Waals surface area (Å²) in [5, 5.41) is 4.87. The van der Waals surface area contributed by atoms with Crippen LogP contribution in [0.3, 0.4) is 0 Å². The number of hydrogen-bond acceptors (Lipinski definition) is 1. The van der Waals surface area contributed by atoms with Crippen molar-refractivity contribution in [3.05, 3.63) is 35.5 Å². The molecule has 1 aliphatic heterocycles. The number of aliphatic imine (C=N–C) groups is 1. The molecule has 2 N–H and O–H groups in total. The van der Waals surface area contributed by atoms with Gasteiger partial charge in [0.05, 0.1) is 0 Å². The van der Waals surface area contributed by atoms with Crippen LogP contribution < -0.4 is 5.32 Å². The Hall–Kier alpha value is -1.24. The number of benzene rings is 1. The summed E-state index contributed by atoms with van der Waals surface area (Å²) in [5.41, 5.74) is 3.95. The number of aryl methyl sites for hydroxylation is 1. The van der Waals surface area contributed by atoms with E-state index >= 15 is 0 Å². The van der Waals surface area contributed by atoms with E-state index in [9.17, 15) is 0 Å². The Bertz CT molecular complexity index is 641. The molecule has 0 saturated carbocycles. The Morgan fingerprint density at radius 3 is 2.82 bits per heavy atom. The van der Waals surface area contributed by atoms with Crippen LogP contribution >= 0.6 is 24.0 Å². The van der Waals surface area contributed by atoms with Gasteiger partial charge in [0, 0.05) is 43.8 Å². The quantitative estimate of drug-likeness (QED) is 0.462. The number of rotatable bonds is 3. The van der Waals surface area contributed by atoms with Gasteiger partial charge in [-0.1, -0.05) is 12.1 Å². The summed E-state index contributed by atoms with van der Waals surface area (Å²) in [6, 6.07) is 6.42. The average Bonchev–Trinajstić information content (AvgIpc) is 3.14. The summed E-state index contributed by atoms with van der Waals surface area (Å²) < 4.78 is 0. The molecule has 0 amide bonds. The summed E-state index contributed by atoms with van der Waals surface area (Å²) in [6.45, 7) is 5.36. The lowest BCUT2D eigenvalue weighted by molar-refractivity contribution is 0.494. The van der Waals surface area contributed by atoms with Crippen LogP contribution in [0.25, 0.3) is 10.9 Å². The van der Waals surface area contributed by atoms with E-state index in [4.69, 9.17) is 0 Å². The van der Waals surface area contributed by atoms with E-state index < -0.39 is 0 Å². The van der Waals surface area contributed by atoms with Crippen molar-refractivity contribution in [3.63, 3.8) is 0 Å². The predicted octanol–water partition coefficient (Wildman–Crippen LogP) is 3.31. The van der Waals surface area contributed by atoms with Crippen LogP contribution in [0.2, 0.25) is 0 Å². The average molecular weight is 412 g/mol. The summed E-state index contributed by atoms with van der Waals surface area (Å²) >= 11 is 0. The van der Waals surface area contributed by atoms with Crippen LogP contribution in [0.5, 0.6) is 0 Å². The Morgan fingerprint density at radius 1 is 1.32 bits per heavy atom. The third-order valence-corrected chi connectivity index (χ3v) is 4.29. The summed E-state index contributed by atoms with van der Waals surface area (Å²) in [4.78, 5) is 10.1. The third-order valence-electron chi connectivity index (χ3n) is 4.29. The van der Waals surface area contributed by atoms with Gasteiger partial charge in [0.1, 0.15) is 0 Å². The predicted molar refractivity (Wildman–Crippen MR) is 104 cm³/mol. The molecule has 0 radical (unpaired) electrons. The van der Waals surface area contributed by atoms with Crippen molar-refractivity contribution in [3.8, 4) is 0 Å². The Labute approximate surface area is 149 Å². The van der Waals surface area contributed by atoms with Gasteiger partial charge in [-0.3, -0.25) is 4.99 Å². The molecule has 2 aromatic rings. The second-order valence-electron chi connectivity index (χ2n) is 5.73. The minimum absolute atomic E-state index is 0. The zero-order chi connectivity index (χ0) is 14.7. The lowest BCUT2D eigenvalue weighted by atomic mass is 10.1. The molecule has 4 nitrogen and oxygen atoms in total. The molecule has 1 aromatic carbocycles. The molecule has 1 aliphatic rings. The second-order valence-corrected chi connectivity index (χ2v) is 5.73. The zero-order valence-corrected chi connectivity index (χ0v) is 15.7. The van der Waals surface area contributed by atoms with E-state index in [1.54, 1.807) is 0 Å². The number of aromatic nitrogens is 1. The van der Waals surface area contributed by atoms with Crippen LogP contribution in [0.4, 0.5) is 0 Å². The van der Waals surface area contributed by atoms with E-state index in [1.165, 1.54) is 34.9 Å². The molecular weight excluding hydrogens is 387 g/mol. The van der Waals surface area contributed by atoms with Crippen molar-refractivity contribution in [2.75, 3.05) is 26.7 Å². The molecule has 1 fully saturated rings. The number of guanidine groups is 1. The van der Waals surface area contributed by atoms with Crippen molar-refractivity contribution in [1.82, 2.24) is 15.2 Å². The largest absolute Gasteiger partial charge is 0.361 e. The van der Waals surface area contributed by atoms with Gasteiger partial charge in [0.25, 0.3) is 0 Å². The highest BCUT2D eigenvalue weighted by molar-refractivity contribution is 14.0. The summed E-state index contributed by atoms with van der Waals surface area (Å²) in [5.74, 6) is 1.05. The number of aromatic amines is 1. The first-order valence-electron chi connectivity index (χ1n) is 7.81. The van der Waals surface area contributed by atoms with Crippen molar-refractivity contribution >= 4 is 40.8 Å². The first-order valence-corrected chi connectivity index (χ1v) is 7.81. The topological polar surface area (TPSA) is 43.4 Å². The Kier molecular flexibility index (Phi) is 6.11. The number of nitrogens with zero attached hydrogens (tertiary/aromatic N) is 2. The molecule has 120 valence electrons. The molecule has 0 spiro atoms. The molecule has 1 saturated heterocycles. The molecule has 0 bridgehead atoms. The molecule has 0 aliphatic carbocycles. The molecule has 2 heterocycles. The SMILES string of the molecule is CN=C(NCCc1c[nH]c2cccc(C)c12)N1CCCC1.I. The lowest BCUT2D eigenvalue weighted by Gasteiger charge is -2.20. The number of hydrogen-bond donors (Lipinski definition) is 2. The molecule has 3 rings (SSSR count). The van der Waals surface area contributed by atoms with E-state index in [0.717, 1.165) is 32.0 Å². The Morgan fingerprint density at radius 2 is 2.09 bits per heavy atom. The fraction of sp³-hybridized carbons (Fsp3) is 0.471. The van der Waals surface area contributed by atoms with Gasteiger partial charge in [-0.2, -0.15) is 0 Å². The van der Waals surface area contributed by atoms with Crippen molar-refractivity contribution in [2.45, 2.75) is 26.2 Å². The highest BCUT2D eigenvalue weighted by atomic mass is 127. The van der Waals surface area contributed by atoms with Gasteiger partial charge < -0.3 is 15.2 Å². The zero-order valence-electron chi connectivity index (χ0n) is 13.4. The van der Waals surface area contributed by atoms with Gasteiger partial charge >= 0.3 is 0 Å². The number of nitrogens with one attached hydrogen (secondary N) is 2. The lowest BCUT2D eigenvalue weighted by Crippen LogP contribution is -2.40. The monoisotopic (exact) mass is 412 g/mol. The first kappa shape index (κ1) is 17.1. The highest BCUT2D eigenvalue weighted by Gasteiger charge is 2.15. The fourth-order valence-corrected chi connectivity index (χ4v) is 3.22. The number of likely N-dealkylation sites (tertiary alicyclic amines) is 1. The van der Waals surface area contributed by atoms with Crippen LogP contribution in [0.1, 0.15) is 24.0 Å². The van der Waals surface area contributed by atoms with Gasteiger partial charge in [-0.05, 0) is 43.4 Å². The second kappa shape index (κ2) is 7.85. The van der Waals surface area contributed by atoms with Gasteiger partial charge in [-0.15, -0.1) is 24.0 Å². The van der Waals surface area contributed by atoms with Crippen molar-refractivity contribution in [1.29, 1.82) is 0 Å². The van der Waals surface area contributed by atoms with E-state index in [0.29, 0.717) is 0 Å². The molecule has 1 aromatic heterocycles.